The SMILES string of the molecule is Cc1cc(-c2csc(NC(=O)c3cccnc3)n2)ccc1F. The second kappa shape index (κ2) is 6.03. The van der Waals surface area contributed by atoms with Gasteiger partial charge in [-0.15, -0.1) is 11.3 Å². The van der Waals surface area contributed by atoms with Crippen LogP contribution < -0.4 is 5.32 Å². The Morgan fingerprint density at radius 2 is 2.18 bits per heavy atom. The Morgan fingerprint density at radius 1 is 1.32 bits per heavy atom. The number of halogens is 1. The fourth-order valence-electron chi connectivity index (χ4n) is 1.93. The minimum Gasteiger partial charge on any atom is -0.298 e. The predicted octanol–water partition coefficient (Wildman–Crippen LogP) is 3.90. The summed E-state index contributed by atoms with van der Waals surface area (Å²) in [6.45, 7) is 1.70. The quantitative estimate of drug-likeness (QED) is 0.797. The molecule has 2 heterocycles. The maximum absolute atomic E-state index is 13.3. The first-order chi connectivity index (χ1) is 10.6. The van der Waals surface area contributed by atoms with Crippen LogP contribution in [-0.2, 0) is 0 Å². The van der Waals surface area contributed by atoms with Crippen LogP contribution in [0.4, 0.5) is 9.52 Å². The summed E-state index contributed by atoms with van der Waals surface area (Å²) in [7, 11) is 0. The van der Waals surface area contributed by atoms with Crippen LogP contribution in [0, 0.1) is 12.7 Å². The molecule has 0 radical (unpaired) electrons. The summed E-state index contributed by atoms with van der Waals surface area (Å²) >= 11 is 1.32. The third-order valence-corrected chi connectivity index (χ3v) is 3.86. The summed E-state index contributed by atoms with van der Waals surface area (Å²) in [4.78, 5) is 20.3. The van der Waals surface area contributed by atoms with E-state index in [0.29, 0.717) is 22.0 Å². The number of nitrogens with zero attached hydrogens (tertiary/aromatic N) is 2. The monoisotopic (exact) mass is 313 g/mol. The van der Waals surface area contributed by atoms with Crippen molar-refractivity contribution in [2.24, 2.45) is 0 Å². The maximum Gasteiger partial charge on any atom is 0.259 e. The van der Waals surface area contributed by atoms with Crippen LogP contribution >= 0.6 is 11.3 Å². The average molecular weight is 313 g/mol. The van der Waals surface area contributed by atoms with Gasteiger partial charge in [0, 0.05) is 23.3 Å². The molecule has 4 nitrogen and oxygen atoms in total. The topological polar surface area (TPSA) is 54.9 Å². The molecule has 6 heteroatoms. The van der Waals surface area contributed by atoms with E-state index in [1.165, 1.54) is 23.6 Å². The van der Waals surface area contributed by atoms with E-state index < -0.39 is 0 Å². The van der Waals surface area contributed by atoms with E-state index in [0.717, 1.165) is 5.56 Å². The zero-order valence-corrected chi connectivity index (χ0v) is 12.5. The standard InChI is InChI=1S/C16H12FN3OS/c1-10-7-11(4-5-13(10)17)14-9-22-16(19-14)20-15(21)12-3-2-6-18-8-12/h2-9H,1H3,(H,19,20,21). The Bertz CT molecular complexity index is 817. The van der Waals surface area contributed by atoms with Gasteiger partial charge in [-0.25, -0.2) is 9.37 Å². The number of hydrogen-bond donors (Lipinski definition) is 1. The van der Waals surface area contributed by atoms with Gasteiger partial charge in [0.2, 0.25) is 0 Å². The Balaban J connectivity index is 1.79. The number of nitrogens with one attached hydrogen (secondary N) is 1. The van der Waals surface area contributed by atoms with Crippen LogP contribution in [0.15, 0.2) is 48.1 Å². The summed E-state index contributed by atoms with van der Waals surface area (Å²) in [6, 6.07) is 8.20. The molecule has 22 heavy (non-hydrogen) atoms. The van der Waals surface area contributed by atoms with E-state index in [-0.39, 0.29) is 11.7 Å². The van der Waals surface area contributed by atoms with Crippen molar-refractivity contribution in [1.29, 1.82) is 0 Å². The van der Waals surface area contributed by atoms with E-state index in [1.807, 2.05) is 5.38 Å². The van der Waals surface area contributed by atoms with Crippen molar-refractivity contribution >= 4 is 22.4 Å². The lowest BCUT2D eigenvalue weighted by Crippen LogP contribution is -2.11. The van der Waals surface area contributed by atoms with Crippen molar-refractivity contribution in [1.82, 2.24) is 9.97 Å². The van der Waals surface area contributed by atoms with Crippen molar-refractivity contribution in [2.45, 2.75) is 6.92 Å². The molecule has 0 aliphatic heterocycles. The molecule has 0 unspecified atom stereocenters. The number of amides is 1. The highest BCUT2D eigenvalue weighted by atomic mass is 32.1. The molecular formula is C16H12FN3OS. The molecule has 0 saturated carbocycles. The molecule has 0 fully saturated rings. The second-order valence-electron chi connectivity index (χ2n) is 4.70. The molecule has 1 amide bonds. The molecule has 0 saturated heterocycles. The molecule has 110 valence electrons. The minimum atomic E-state index is -0.260. The van der Waals surface area contributed by atoms with Crippen molar-refractivity contribution < 1.29 is 9.18 Å². The number of carbonyl (C=O) groups excluding carboxylic acids is 1. The van der Waals surface area contributed by atoms with Crippen LogP contribution in [0.5, 0.6) is 0 Å². The molecule has 0 aliphatic carbocycles. The number of aromatic nitrogens is 2. The van der Waals surface area contributed by atoms with Crippen molar-refractivity contribution in [3.63, 3.8) is 0 Å². The first kappa shape index (κ1) is 14.3. The number of anilines is 1. The van der Waals surface area contributed by atoms with Gasteiger partial charge >= 0.3 is 0 Å². The minimum absolute atomic E-state index is 0.246. The van der Waals surface area contributed by atoms with Gasteiger partial charge in [0.05, 0.1) is 11.3 Å². The highest BCUT2D eigenvalue weighted by molar-refractivity contribution is 7.14. The number of benzene rings is 1. The second-order valence-corrected chi connectivity index (χ2v) is 5.56. The number of carbonyl (C=O) groups is 1. The highest BCUT2D eigenvalue weighted by Crippen LogP contribution is 2.26. The number of thiazole rings is 1. The molecular weight excluding hydrogens is 301 g/mol. The Hall–Kier alpha value is -2.60. The highest BCUT2D eigenvalue weighted by Gasteiger charge is 2.10. The average Bonchev–Trinajstić information content (AvgIpc) is 2.99. The summed E-state index contributed by atoms with van der Waals surface area (Å²) < 4.78 is 13.3. The van der Waals surface area contributed by atoms with Crippen LogP contribution in [0.2, 0.25) is 0 Å². The molecule has 3 rings (SSSR count). The van der Waals surface area contributed by atoms with Gasteiger partial charge in [0.1, 0.15) is 5.82 Å². The normalized spacial score (nSPS) is 10.5. The zero-order chi connectivity index (χ0) is 15.5. The van der Waals surface area contributed by atoms with Crippen LogP contribution in [0.1, 0.15) is 15.9 Å². The Morgan fingerprint density at radius 3 is 2.91 bits per heavy atom. The van der Waals surface area contributed by atoms with E-state index in [2.05, 4.69) is 15.3 Å². The summed E-state index contributed by atoms with van der Waals surface area (Å²) in [5.41, 5.74) is 2.55. The van der Waals surface area contributed by atoms with Gasteiger partial charge in [-0.3, -0.25) is 15.1 Å². The smallest absolute Gasteiger partial charge is 0.259 e. The molecule has 0 aliphatic rings. The third kappa shape index (κ3) is 3.01. The fourth-order valence-corrected chi connectivity index (χ4v) is 2.65. The van der Waals surface area contributed by atoms with Gasteiger partial charge in [-0.2, -0.15) is 0 Å². The number of hydrogen-bond acceptors (Lipinski definition) is 4. The third-order valence-electron chi connectivity index (χ3n) is 3.10. The predicted molar refractivity (Wildman–Crippen MR) is 84.4 cm³/mol. The van der Waals surface area contributed by atoms with Gasteiger partial charge in [-0.1, -0.05) is 0 Å². The van der Waals surface area contributed by atoms with Crippen LogP contribution in [0.3, 0.4) is 0 Å². The maximum atomic E-state index is 13.3. The Kier molecular flexibility index (Phi) is 3.93. The van der Waals surface area contributed by atoms with Gasteiger partial charge in [-0.05, 0) is 42.8 Å². The molecule has 1 aromatic carbocycles. The molecule has 1 N–H and O–H groups in total. The number of aryl methyl sites for hydroxylation is 1. The fraction of sp³-hybridized carbons (Fsp3) is 0.0625. The summed E-state index contributed by atoms with van der Waals surface area (Å²) in [5.74, 6) is -0.506. The lowest BCUT2D eigenvalue weighted by Gasteiger charge is -2.01. The first-order valence-corrected chi connectivity index (χ1v) is 7.45. The van der Waals surface area contributed by atoms with Gasteiger partial charge < -0.3 is 0 Å². The van der Waals surface area contributed by atoms with Crippen molar-refractivity contribution in [3.05, 3.63) is 65.0 Å². The van der Waals surface area contributed by atoms with E-state index in [9.17, 15) is 9.18 Å². The van der Waals surface area contributed by atoms with Crippen molar-refractivity contribution in [3.8, 4) is 11.3 Å². The van der Waals surface area contributed by atoms with E-state index in [4.69, 9.17) is 0 Å². The van der Waals surface area contributed by atoms with Crippen LogP contribution in [-0.4, -0.2) is 15.9 Å². The van der Waals surface area contributed by atoms with E-state index >= 15 is 0 Å². The number of rotatable bonds is 3. The number of pyridine rings is 1. The molecule has 0 atom stereocenters. The lowest BCUT2D eigenvalue weighted by atomic mass is 10.1. The molecule has 0 spiro atoms. The van der Waals surface area contributed by atoms with E-state index in [1.54, 1.807) is 37.4 Å². The van der Waals surface area contributed by atoms with Crippen molar-refractivity contribution in [2.75, 3.05) is 5.32 Å². The summed E-state index contributed by atoms with van der Waals surface area (Å²) in [6.07, 6.45) is 3.10. The van der Waals surface area contributed by atoms with Crippen LogP contribution in [0.25, 0.3) is 11.3 Å². The summed E-state index contributed by atoms with van der Waals surface area (Å²) in [5, 5.41) is 5.05. The molecule has 3 aromatic rings. The van der Waals surface area contributed by atoms with Gasteiger partial charge in [0.15, 0.2) is 5.13 Å². The lowest BCUT2D eigenvalue weighted by molar-refractivity contribution is 0.102. The largest absolute Gasteiger partial charge is 0.298 e. The zero-order valence-electron chi connectivity index (χ0n) is 11.7. The molecule has 0 bridgehead atoms. The first-order valence-electron chi connectivity index (χ1n) is 6.57. The van der Waals surface area contributed by atoms with Gasteiger partial charge in [0.25, 0.3) is 5.91 Å². The Labute approximate surface area is 130 Å². The molecule has 2 aromatic heterocycles.